The third kappa shape index (κ3) is 5.83. The minimum atomic E-state index is -3.68. The predicted octanol–water partition coefficient (Wildman–Crippen LogP) is 1.70. The fraction of sp³-hybridized carbons (Fsp3) is 0.444. The van der Waals surface area contributed by atoms with E-state index in [9.17, 15) is 13.2 Å². The van der Waals surface area contributed by atoms with Gasteiger partial charge in [0, 0.05) is 0 Å². The van der Waals surface area contributed by atoms with Crippen molar-refractivity contribution >= 4 is 53.7 Å². The molecule has 1 heterocycles. The number of carbonyl (C=O) groups excluding carboxylic acids is 1. The van der Waals surface area contributed by atoms with E-state index in [4.69, 9.17) is 0 Å². The lowest BCUT2D eigenvalue weighted by Gasteiger charge is -2.08. The summed E-state index contributed by atoms with van der Waals surface area (Å²) in [5.41, 5.74) is 0. The van der Waals surface area contributed by atoms with Crippen molar-refractivity contribution in [1.82, 2.24) is 9.97 Å². The Morgan fingerprint density at radius 1 is 1.47 bits per heavy atom. The molecule has 106 valence electrons. The zero-order valence-electron chi connectivity index (χ0n) is 9.89. The Bertz CT molecular complexity index is 565. The van der Waals surface area contributed by atoms with Crippen molar-refractivity contribution in [2.45, 2.75) is 13.3 Å². The molecule has 19 heavy (non-hydrogen) atoms. The summed E-state index contributed by atoms with van der Waals surface area (Å²) in [6.45, 7) is 1.87. The molecule has 0 amide bonds. The first kappa shape index (κ1) is 16.3. The van der Waals surface area contributed by atoms with Crippen LogP contribution in [0.2, 0.25) is 0 Å². The van der Waals surface area contributed by atoms with Gasteiger partial charge in [-0.15, -0.1) is 0 Å². The van der Waals surface area contributed by atoms with Gasteiger partial charge < -0.3 is 4.74 Å². The van der Waals surface area contributed by atoms with Crippen molar-refractivity contribution in [3.63, 3.8) is 0 Å². The second-order valence-electron chi connectivity index (χ2n) is 3.31. The molecule has 0 spiro atoms. The van der Waals surface area contributed by atoms with Gasteiger partial charge in [0.15, 0.2) is 10.4 Å². The largest absolute Gasteiger partial charge is 0.466 e. The molecule has 0 aliphatic heterocycles. The van der Waals surface area contributed by atoms with Gasteiger partial charge in [-0.1, -0.05) is 0 Å². The van der Waals surface area contributed by atoms with Gasteiger partial charge in [0.1, 0.15) is 4.60 Å². The number of ether oxygens (including phenoxy) is 1. The molecule has 1 aromatic heterocycles. The third-order valence-corrected chi connectivity index (χ3v) is 4.01. The van der Waals surface area contributed by atoms with Crippen molar-refractivity contribution in [2.75, 3.05) is 17.1 Å². The maximum atomic E-state index is 11.7. The smallest absolute Gasteiger partial charge is 0.306 e. The van der Waals surface area contributed by atoms with Crippen molar-refractivity contribution < 1.29 is 17.9 Å². The molecular formula is C9H11Br2N3O4S. The Labute approximate surface area is 127 Å². The van der Waals surface area contributed by atoms with Crippen LogP contribution in [-0.4, -0.2) is 36.7 Å². The van der Waals surface area contributed by atoms with E-state index < -0.39 is 16.0 Å². The topological polar surface area (TPSA) is 98.2 Å². The van der Waals surface area contributed by atoms with Crippen LogP contribution >= 0.6 is 31.9 Å². The van der Waals surface area contributed by atoms with Crippen LogP contribution in [0.3, 0.4) is 0 Å². The maximum absolute atomic E-state index is 11.7. The lowest BCUT2D eigenvalue weighted by molar-refractivity contribution is -0.142. The lowest BCUT2D eigenvalue weighted by Crippen LogP contribution is -2.21. The number of aromatic nitrogens is 2. The summed E-state index contributed by atoms with van der Waals surface area (Å²) in [4.78, 5) is 18.9. The molecule has 0 saturated carbocycles. The van der Waals surface area contributed by atoms with E-state index in [-0.39, 0.29) is 29.2 Å². The summed E-state index contributed by atoms with van der Waals surface area (Å²) < 4.78 is 31.1. The fourth-order valence-corrected chi connectivity index (χ4v) is 3.09. The molecule has 10 heteroatoms. The molecule has 1 rings (SSSR count). The zero-order chi connectivity index (χ0) is 14.5. The Kier molecular flexibility index (Phi) is 6.14. The molecule has 0 fully saturated rings. The third-order valence-electron chi connectivity index (χ3n) is 1.83. The Morgan fingerprint density at radius 3 is 2.74 bits per heavy atom. The Balaban J connectivity index is 2.66. The minimum Gasteiger partial charge on any atom is -0.466 e. The van der Waals surface area contributed by atoms with Crippen LogP contribution in [0.1, 0.15) is 13.3 Å². The molecule has 0 aliphatic rings. The minimum absolute atomic E-state index is 0.0621. The first-order chi connectivity index (χ1) is 8.84. The Morgan fingerprint density at radius 2 is 2.16 bits per heavy atom. The molecule has 0 radical (unpaired) electrons. The number of esters is 1. The average molecular weight is 417 g/mol. The van der Waals surface area contributed by atoms with Gasteiger partial charge in [0.05, 0.1) is 25.0 Å². The number of nitrogens with one attached hydrogen (secondary N) is 1. The van der Waals surface area contributed by atoms with Gasteiger partial charge in [0.25, 0.3) is 0 Å². The first-order valence-electron chi connectivity index (χ1n) is 5.18. The first-order valence-corrected chi connectivity index (χ1v) is 8.42. The van der Waals surface area contributed by atoms with Crippen LogP contribution < -0.4 is 4.72 Å². The molecule has 0 aliphatic carbocycles. The second-order valence-corrected chi connectivity index (χ2v) is 6.71. The number of carbonyl (C=O) groups is 1. The highest BCUT2D eigenvalue weighted by atomic mass is 79.9. The monoisotopic (exact) mass is 415 g/mol. The SMILES string of the molecule is CCOC(=O)CCS(=O)(=O)Nc1ncc(Br)nc1Br. The van der Waals surface area contributed by atoms with Gasteiger partial charge in [0.2, 0.25) is 10.0 Å². The molecule has 1 aromatic rings. The summed E-state index contributed by atoms with van der Waals surface area (Å²) in [6, 6.07) is 0. The molecule has 0 saturated heterocycles. The van der Waals surface area contributed by atoms with Crippen LogP contribution in [0, 0.1) is 0 Å². The number of halogens is 2. The lowest BCUT2D eigenvalue weighted by atomic mass is 10.5. The maximum Gasteiger partial charge on any atom is 0.306 e. The summed E-state index contributed by atoms with van der Waals surface area (Å²) in [5, 5.41) is 0. The molecule has 0 bridgehead atoms. The number of hydrogen-bond acceptors (Lipinski definition) is 6. The fourth-order valence-electron chi connectivity index (χ4n) is 1.06. The van der Waals surface area contributed by atoms with E-state index in [1.54, 1.807) is 6.92 Å². The molecule has 0 unspecified atom stereocenters. The molecule has 0 atom stereocenters. The van der Waals surface area contributed by atoms with Crippen LogP contribution in [0.15, 0.2) is 15.4 Å². The van der Waals surface area contributed by atoms with E-state index in [0.29, 0.717) is 4.60 Å². The number of rotatable bonds is 6. The van der Waals surface area contributed by atoms with Crippen molar-refractivity contribution in [2.24, 2.45) is 0 Å². The van der Waals surface area contributed by atoms with E-state index in [1.165, 1.54) is 6.20 Å². The number of nitrogens with zero attached hydrogens (tertiary/aromatic N) is 2. The van der Waals surface area contributed by atoms with Gasteiger partial charge in [-0.05, 0) is 38.8 Å². The summed E-state index contributed by atoms with van der Waals surface area (Å²) in [6.07, 6.45) is 1.14. The quantitative estimate of drug-likeness (QED) is 0.708. The second kappa shape index (κ2) is 7.15. The number of hydrogen-bond donors (Lipinski definition) is 1. The molecule has 7 nitrogen and oxygen atoms in total. The van der Waals surface area contributed by atoms with Crippen LogP contribution in [0.5, 0.6) is 0 Å². The Hall–Kier alpha value is -0.740. The van der Waals surface area contributed by atoms with Crippen LogP contribution in [-0.2, 0) is 19.6 Å². The van der Waals surface area contributed by atoms with Crippen molar-refractivity contribution in [3.05, 3.63) is 15.4 Å². The molecule has 0 aromatic carbocycles. The van der Waals surface area contributed by atoms with Gasteiger partial charge >= 0.3 is 5.97 Å². The van der Waals surface area contributed by atoms with E-state index in [0.717, 1.165) is 0 Å². The standard InChI is InChI=1S/C9H11Br2N3O4S/c1-2-18-7(15)3-4-19(16,17)14-9-8(11)13-6(10)5-12-9/h5H,2-4H2,1H3,(H,12,14). The predicted molar refractivity (Wildman–Crippen MR) is 76.1 cm³/mol. The molecule has 1 N–H and O–H groups in total. The van der Waals surface area contributed by atoms with Gasteiger partial charge in [-0.2, -0.15) is 0 Å². The van der Waals surface area contributed by atoms with Gasteiger partial charge in [-0.25, -0.2) is 18.4 Å². The number of sulfonamides is 1. The normalized spacial score (nSPS) is 11.1. The van der Waals surface area contributed by atoms with Crippen LogP contribution in [0.4, 0.5) is 5.82 Å². The summed E-state index contributed by atoms with van der Waals surface area (Å²) in [5.74, 6) is -0.878. The average Bonchev–Trinajstić information content (AvgIpc) is 2.31. The van der Waals surface area contributed by atoms with Crippen LogP contribution in [0.25, 0.3) is 0 Å². The zero-order valence-corrected chi connectivity index (χ0v) is 13.9. The van der Waals surface area contributed by atoms with Crippen molar-refractivity contribution in [1.29, 1.82) is 0 Å². The van der Waals surface area contributed by atoms with E-state index >= 15 is 0 Å². The highest BCUT2D eigenvalue weighted by Crippen LogP contribution is 2.20. The highest BCUT2D eigenvalue weighted by molar-refractivity contribution is 9.11. The van der Waals surface area contributed by atoms with Crippen molar-refractivity contribution in [3.8, 4) is 0 Å². The van der Waals surface area contributed by atoms with E-state index in [2.05, 4.69) is 51.3 Å². The summed E-state index contributed by atoms with van der Waals surface area (Å²) >= 11 is 6.18. The summed E-state index contributed by atoms with van der Waals surface area (Å²) in [7, 11) is -3.68. The number of anilines is 1. The van der Waals surface area contributed by atoms with Gasteiger partial charge in [-0.3, -0.25) is 9.52 Å². The molecular weight excluding hydrogens is 406 g/mol. The highest BCUT2D eigenvalue weighted by Gasteiger charge is 2.16. The van der Waals surface area contributed by atoms with E-state index in [1.807, 2.05) is 0 Å².